The Morgan fingerprint density at radius 3 is 2.96 bits per heavy atom. The standard InChI is InChI=1S/C21H25NO3/c1-24-19(23)21-12-6-11-20-10-5-9-16(25-18(20)21)17(20)22(14-21)13-15-7-3-2-4-8-15/h2-5,7-9,16-18H,6,10-14H2,1H3/t16?,17?,18?,20-,21-/m1/s1. The second kappa shape index (κ2) is 5.42. The normalized spacial score (nSPS) is 41.6. The molecule has 0 N–H and O–H groups in total. The quantitative estimate of drug-likeness (QED) is 0.627. The summed E-state index contributed by atoms with van der Waals surface area (Å²) >= 11 is 0. The molecule has 132 valence electrons. The van der Waals surface area contributed by atoms with E-state index in [4.69, 9.17) is 9.47 Å². The fourth-order valence-electron chi connectivity index (χ4n) is 6.22. The third kappa shape index (κ3) is 1.98. The lowest BCUT2D eigenvalue weighted by Crippen LogP contribution is -2.68. The van der Waals surface area contributed by atoms with Crippen LogP contribution in [0.15, 0.2) is 42.5 Å². The van der Waals surface area contributed by atoms with Crippen LogP contribution in [0.1, 0.15) is 31.2 Å². The van der Waals surface area contributed by atoms with Gasteiger partial charge in [-0.05, 0) is 24.8 Å². The minimum Gasteiger partial charge on any atom is -0.468 e. The summed E-state index contributed by atoms with van der Waals surface area (Å²) in [4.78, 5) is 15.4. The van der Waals surface area contributed by atoms with Gasteiger partial charge in [-0.1, -0.05) is 48.9 Å². The Bertz CT molecular complexity index is 717. The highest BCUT2D eigenvalue weighted by molar-refractivity contribution is 5.79. The van der Waals surface area contributed by atoms with Crippen LogP contribution in [0.25, 0.3) is 0 Å². The third-order valence-corrected chi connectivity index (χ3v) is 7.01. The maximum absolute atomic E-state index is 12.9. The van der Waals surface area contributed by atoms with Crippen LogP contribution in [0.3, 0.4) is 0 Å². The molecule has 2 saturated heterocycles. The van der Waals surface area contributed by atoms with Gasteiger partial charge >= 0.3 is 5.97 Å². The summed E-state index contributed by atoms with van der Waals surface area (Å²) in [6, 6.07) is 10.9. The smallest absolute Gasteiger partial charge is 0.315 e. The molecule has 2 aliphatic carbocycles. The van der Waals surface area contributed by atoms with E-state index < -0.39 is 5.41 Å². The zero-order chi connectivity index (χ0) is 17.1. The van der Waals surface area contributed by atoms with Crippen molar-refractivity contribution >= 4 is 5.97 Å². The molecule has 1 aromatic rings. The summed E-state index contributed by atoms with van der Waals surface area (Å²) < 4.78 is 11.8. The Labute approximate surface area is 148 Å². The summed E-state index contributed by atoms with van der Waals surface area (Å²) in [5.41, 5.74) is 0.849. The monoisotopic (exact) mass is 339 g/mol. The fraction of sp³-hybridized carbons (Fsp3) is 0.571. The summed E-state index contributed by atoms with van der Waals surface area (Å²) in [5, 5.41) is 0. The van der Waals surface area contributed by atoms with Crippen LogP contribution in [0.4, 0.5) is 0 Å². The Kier molecular flexibility index (Phi) is 3.38. The number of likely N-dealkylation sites (tertiary alicyclic amines) is 1. The number of carbonyl (C=O) groups excluding carboxylic acids is 1. The van der Waals surface area contributed by atoms with Gasteiger partial charge in [-0.3, -0.25) is 9.69 Å². The van der Waals surface area contributed by atoms with E-state index in [2.05, 4.69) is 47.4 Å². The van der Waals surface area contributed by atoms with Gasteiger partial charge in [0.1, 0.15) is 5.41 Å². The predicted molar refractivity (Wildman–Crippen MR) is 93.8 cm³/mol. The number of hydrogen-bond acceptors (Lipinski definition) is 4. The highest BCUT2D eigenvalue weighted by Gasteiger charge is 2.72. The largest absolute Gasteiger partial charge is 0.468 e. The number of benzene rings is 1. The van der Waals surface area contributed by atoms with E-state index >= 15 is 0 Å². The first-order valence-electron chi connectivity index (χ1n) is 9.38. The van der Waals surface area contributed by atoms with Gasteiger partial charge in [0, 0.05) is 24.5 Å². The van der Waals surface area contributed by atoms with Crippen LogP contribution in [0.2, 0.25) is 0 Å². The molecule has 3 fully saturated rings. The van der Waals surface area contributed by atoms with Crippen molar-refractivity contribution in [1.29, 1.82) is 0 Å². The molecule has 1 saturated carbocycles. The van der Waals surface area contributed by atoms with Crippen LogP contribution >= 0.6 is 0 Å². The predicted octanol–water partition coefficient (Wildman–Crippen LogP) is 2.93. The molecule has 2 aliphatic heterocycles. The number of esters is 1. The second-order valence-electron chi connectivity index (χ2n) is 8.18. The molecule has 1 aromatic carbocycles. The molecule has 5 bridgehead atoms. The molecule has 1 spiro atoms. The molecular formula is C21H25NO3. The molecule has 2 heterocycles. The van der Waals surface area contributed by atoms with Gasteiger partial charge in [-0.25, -0.2) is 0 Å². The number of methoxy groups -OCH3 is 1. The maximum atomic E-state index is 12.9. The lowest BCUT2D eigenvalue weighted by atomic mass is 9.52. The van der Waals surface area contributed by atoms with Crippen molar-refractivity contribution in [2.75, 3.05) is 13.7 Å². The van der Waals surface area contributed by atoms with E-state index in [0.717, 1.165) is 38.8 Å². The first-order chi connectivity index (χ1) is 12.2. The van der Waals surface area contributed by atoms with E-state index in [9.17, 15) is 4.79 Å². The zero-order valence-corrected chi connectivity index (χ0v) is 14.7. The van der Waals surface area contributed by atoms with Crippen molar-refractivity contribution in [3.05, 3.63) is 48.0 Å². The lowest BCUT2D eigenvalue weighted by molar-refractivity contribution is -0.187. The number of rotatable bonds is 3. The van der Waals surface area contributed by atoms with E-state index in [1.54, 1.807) is 0 Å². The van der Waals surface area contributed by atoms with Crippen LogP contribution in [0.5, 0.6) is 0 Å². The molecule has 0 radical (unpaired) electrons. The molecule has 4 aliphatic rings. The van der Waals surface area contributed by atoms with Gasteiger partial charge < -0.3 is 9.47 Å². The van der Waals surface area contributed by atoms with Crippen LogP contribution < -0.4 is 0 Å². The number of allylic oxidation sites excluding steroid dienone is 1. The van der Waals surface area contributed by atoms with E-state index in [1.807, 2.05) is 0 Å². The van der Waals surface area contributed by atoms with Crippen molar-refractivity contribution in [3.63, 3.8) is 0 Å². The Balaban J connectivity index is 1.59. The molecule has 4 nitrogen and oxygen atoms in total. The van der Waals surface area contributed by atoms with Crippen LogP contribution in [0, 0.1) is 10.8 Å². The maximum Gasteiger partial charge on any atom is 0.315 e. The lowest BCUT2D eigenvalue weighted by Gasteiger charge is -2.58. The first kappa shape index (κ1) is 15.6. The van der Waals surface area contributed by atoms with Gasteiger partial charge in [-0.15, -0.1) is 0 Å². The molecule has 5 rings (SSSR count). The van der Waals surface area contributed by atoms with Crippen molar-refractivity contribution in [1.82, 2.24) is 4.90 Å². The molecular weight excluding hydrogens is 314 g/mol. The average Bonchev–Trinajstić information content (AvgIpc) is 2.75. The molecule has 5 atom stereocenters. The summed E-state index contributed by atoms with van der Waals surface area (Å²) in [6.07, 6.45) is 8.73. The number of nitrogens with zero attached hydrogens (tertiary/aromatic N) is 1. The number of ether oxygens (including phenoxy) is 2. The Hall–Kier alpha value is -1.65. The Morgan fingerprint density at radius 2 is 2.16 bits per heavy atom. The number of carbonyl (C=O) groups is 1. The third-order valence-electron chi connectivity index (χ3n) is 7.01. The van der Waals surface area contributed by atoms with Crippen molar-refractivity contribution in [2.45, 2.75) is 50.5 Å². The van der Waals surface area contributed by atoms with Crippen molar-refractivity contribution in [3.8, 4) is 0 Å². The molecule has 0 aromatic heterocycles. The van der Waals surface area contributed by atoms with Crippen LogP contribution in [-0.4, -0.2) is 42.8 Å². The first-order valence-corrected chi connectivity index (χ1v) is 9.38. The van der Waals surface area contributed by atoms with Gasteiger partial charge in [-0.2, -0.15) is 0 Å². The van der Waals surface area contributed by atoms with E-state index in [1.165, 1.54) is 12.7 Å². The molecule has 25 heavy (non-hydrogen) atoms. The van der Waals surface area contributed by atoms with Gasteiger partial charge in [0.15, 0.2) is 0 Å². The van der Waals surface area contributed by atoms with Crippen molar-refractivity contribution in [2.24, 2.45) is 10.8 Å². The number of piperidine rings is 1. The summed E-state index contributed by atoms with van der Waals surface area (Å²) in [6.45, 7) is 1.61. The van der Waals surface area contributed by atoms with Gasteiger partial charge in [0.2, 0.25) is 0 Å². The van der Waals surface area contributed by atoms with Gasteiger partial charge in [0.25, 0.3) is 0 Å². The average molecular weight is 339 g/mol. The van der Waals surface area contributed by atoms with Gasteiger partial charge in [0.05, 0.1) is 19.3 Å². The SMILES string of the molecule is COC(=O)[C@@]12CCC[C@@]34CC=CC(OC13)C4N(Cc1ccccc1)C2. The number of hydrogen-bond donors (Lipinski definition) is 0. The molecule has 3 unspecified atom stereocenters. The zero-order valence-electron chi connectivity index (χ0n) is 14.7. The molecule has 0 amide bonds. The molecule has 4 heteroatoms. The highest BCUT2D eigenvalue weighted by Crippen LogP contribution is 2.64. The fourth-order valence-corrected chi connectivity index (χ4v) is 6.22. The summed E-state index contributed by atoms with van der Waals surface area (Å²) in [7, 11) is 1.52. The van der Waals surface area contributed by atoms with E-state index in [0.29, 0.717) is 6.04 Å². The highest BCUT2D eigenvalue weighted by atomic mass is 16.5. The minimum atomic E-state index is -0.515. The minimum absolute atomic E-state index is 0.00165. The Morgan fingerprint density at radius 1 is 1.32 bits per heavy atom. The topological polar surface area (TPSA) is 38.8 Å². The summed E-state index contributed by atoms with van der Waals surface area (Å²) in [5.74, 6) is -0.0827. The second-order valence-corrected chi connectivity index (χ2v) is 8.18. The van der Waals surface area contributed by atoms with Crippen molar-refractivity contribution < 1.29 is 14.3 Å². The van der Waals surface area contributed by atoms with E-state index in [-0.39, 0.29) is 23.6 Å². The van der Waals surface area contributed by atoms with Crippen LogP contribution in [-0.2, 0) is 20.8 Å².